The second-order valence-corrected chi connectivity index (χ2v) is 5.59. The molecule has 5 N–H and O–H groups in total. The molecule has 0 fully saturated rings. The third-order valence-electron chi connectivity index (χ3n) is 3.48. The molecule has 0 unspecified atom stereocenters. The summed E-state index contributed by atoms with van der Waals surface area (Å²) in [5, 5.41) is 8.36. The van der Waals surface area contributed by atoms with Gasteiger partial charge in [-0.05, 0) is 23.6 Å². The number of nitrogens with one attached hydrogen (secondary N) is 3. The van der Waals surface area contributed by atoms with Gasteiger partial charge in [0.1, 0.15) is 0 Å². The van der Waals surface area contributed by atoms with Crippen molar-refractivity contribution in [2.24, 2.45) is 5.73 Å². The van der Waals surface area contributed by atoms with Gasteiger partial charge in [0.05, 0.1) is 0 Å². The van der Waals surface area contributed by atoms with Crippen LogP contribution < -0.4 is 16.6 Å². The summed E-state index contributed by atoms with van der Waals surface area (Å²) in [6, 6.07) is 7.49. The van der Waals surface area contributed by atoms with Crippen molar-refractivity contribution in [3.05, 3.63) is 51.4 Å². The number of hydrogen-bond acceptors (Lipinski definition) is 3. The third-order valence-corrected chi connectivity index (χ3v) is 3.48. The summed E-state index contributed by atoms with van der Waals surface area (Å²) in [7, 11) is 0. The van der Waals surface area contributed by atoms with Gasteiger partial charge in [-0.15, -0.1) is 0 Å². The number of H-pyrrole nitrogens is 2. The smallest absolute Gasteiger partial charge is 0.267 e. The molecule has 6 nitrogen and oxygen atoms in total. The van der Waals surface area contributed by atoms with Gasteiger partial charge in [0, 0.05) is 36.3 Å². The maximum absolute atomic E-state index is 11.9. The summed E-state index contributed by atoms with van der Waals surface area (Å²) in [6.07, 6.45) is 0.863. The van der Waals surface area contributed by atoms with Gasteiger partial charge in [-0.2, -0.15) is 0 Å². The minimum atomic E-state index is -0.0978. The van der Waals surface area contributed by atoms with E-state index in [2.05, 4.69) is 15.5 Å². The molecule has 0 aliphatic heterocycles. The van der Waals surface area contributed by atoms with Crippen molar-refractivity contribution in [1.29, 1.82) is 0 Å². The van der Waals surface area contributed by atoms with E-state index in [0.717, 1.165) is 22.5 Å². The van der Waals surface area contributed by atoms with Crippen LogP contribution in [-0.4, -0.2) is 22.6 Å². The molecular formula is C16H22N4O2. The van der Waals surface area contributed by atoms with Crippen LogP contribution >= 0.6 is 0 Å². The van der Waals surface area contributed by atoms with E-state index in [1.54, 1.807) is 0 Å². The molecule has 118 valence electrons. The van der Waals surface area contributed by atoms with Crippen molar-refractivity contribution >= 4 is 11.6 Å². The molecule has 0 radical (unpaired) electrons. The monoisotopic (exact) mass is 302 g/mol. The Balaban J connectivity index is 2.10. The summed E-state index contributed by atoms with van der Waals surface area (Å²) in [5.41, 5.74) is 8.70. The molecule has 2 aromatic rings. The molecule has 2 rings (SSSR count). The van der Waals surface area contributed by atoms with Crippen molar-refractivity contribution < 1.29 is 4.79 Å². The second-order valence-electron chi connectivity index (χ2n) is 5.59. The van der Waals surface area contributed by atoms with E-state index in [0.29, 0.717) is 19.4 Å². The van der Waals surface area contributed by atoms with Gasteiger partial charge in [0.15, 0.2) is 0 Å². The van der Waals surface area contributed by atoms with Crippen LogP contribution in [0.4, 0.5) is 5.69 Å². The number of aromatic nitrogens is 2. The number of rotatable bonds is 6. The zero-order valence-electron chi connectivity index (χ0n) is 12.9. The summed E-state index contributed by atoms with van der Waals surface area (Å²) in [4.78, 5) is 23.4. The Hall–Kier alpha value is -2.34. The van der Waals surface area contributed by atoms with Crippen LogP contribution in [-0.2, 0) is 11.2 Å². The average molecular weight is 302 g/mol. The molecule has 1 aromatic carbocycles. The Morgan fingerprint density at radius 2 is 1.91 bits per heavy atom. The van der Waals surface area contributed by atoms with Gasteiger partial charge in [-0.25, -0.2) is 0 Å². The Morgan fingerprint density at radius 1 is 1.23 bits per heavy atom. The highest BCUT2D eigenvalue weighted by atomic mass is 16.1. The van der Waals surface area contributed by atoms with Crippen molar-refractivity contribution in [2.45, 2.75) is 32.6 Å². The van der Waals surface area contributed by atoms with Gasteiger partial charge in [-0.1, -0.05) is 26.0 Å². The van der Waals surface area contributed by atoms with Crippen molar-refractivity contribution in [2.75, 3.05) is 11.9 Å². The summed E-state index contributed by atoms with van der Waals surface area (Å²) in [6.45, 7) is 4.41. The number of nitrogens with two attached hydrogens (primary N) is 1. The number of carbonyl (C=O) groups is 1. The molecule has 6 heteroatoms. The number of benzene rings is 1. The fraction of sp³-hybridized carbons (Fsp3) is 0.375. The standard InChI is InChI=1S/C16H22N4O2/c1-10(2)15-13(16(22)20-19-15)9-11-3-5-12(6-4-11)18-14(21)7-8-17/h3-6,10H,7-9,17H2,1-2H3,(H,18,21)(H2,19,20,22). The predicted octanol–water partition coefficient (Wildman–Crippen LogP) is 1.70. The first-order valence-electron chi connectivity index (χ1n) is 7.39. The minimum Gasteiger partial charge on any atom is -0.330 e. The van der Waals surface area contributed by atoms with Gasteiger partial charge >= 0.3 is 0 Å². The third kappa shape index (κ3) is 3.85. The van der Waals surface area contributed by atoms with Crippen LogP contribution in [0.3, 0.4) is 0 Å². The first kappa shape index (κ1) is 16.0. The Kier molecular flexibility index (Phi) is 5.16. The first-order valence-corrected chi connectivity index (χ1v) is 7.39. The van der Waals surface area contributed by atoms with Gasteiger partial charge < -0.3 is 16.1 Å². The molecule has 0 atom stereocenters. The quantitative estimate of drug-likeness (QED) is 0.653. The van der Waals surface area contributed by atoms with E-state index in [-0.39, 0.29) is 17.4 Å². The summed E-state index contributed by atoms with van der Waals surface area (Å²) >= 11 is 0. The van der Waals surface area contributed by atoms with E-state index in [4.69, 9.17) is 5.73 Å². The molecule has 1 heterocycles. The van der Waals surface area contributed by atoms with Crippen molar-refractivity contribution in [3.63, 3.8) is 0 Å². The molecule has 0 saturated carbocycles. The van der Waals surface area contributed by atoms with Crippen LogP contribution in [0.15, 0.2) is 29.1 Å². The van der Waals surface area contributed by atoms with Crippen LogP contribution in [0.25, 0.3) is 0 Å². The molecule has 1 aromatic heterocycles. The topological polar surface area (TPSA) is 104 Å². The molecule has 1 amide bonds. The van der Waals surface area contributed by atoms with Crippen LogP contribution in [0, 0.1) is 0 Å². The highest BCUT2D eigenvalue weighted by Crippen LogP contribution is 2.18. The molecule has 0 aliphatic carbocycles. The molecule has 0 spiro atoms. The Morgan fingerprint density at radius 3 is 2.50 bits per heavy atom. The van der Waals surface area contributed by atoms with E-state index < -0.39 is 0 Å². The second kappa shape index (κ2) is 7.09. The maximum atomic E-state index is 11.9. The van der Waals surface area contributed by atoms with E-state index >= 15 is 0 Å². The van der Waals surface area contributed by atoms with E-state index in [1.165, 1.54) is 0 Å². The number of carbonyl (C=O) groups excluding carboxylic acids is 1. The lowest BCUT2D eigenvalue weighted by Gasteiger charge is -2.07. The number of aromatic amines is 2. The predicted molar refractivity (Wildman–Crippen MR) is 87.1 cm³/mol. The van der Waals surface area contributed by atoms with Crippen LogP contribution in [0.5, 0.6) is 0 Å². The zero-order chi connectivity index (χ0) is 16.1. The van der Waals surface area contributed by atoms with Crippen LogP contribution in [0.1, 0.15) is 43.0 Å². The SMILES string of the molecule is CC(C)c1[nH][nH]c(=O)c1Cc1ccc(NC(=O)CCN)cc1. The van der Waals surface area contributed by atoms with Crippen molar-refractivity contribution in [1.82, 2.24) is 10.2 Å². The fourth-order valence-electron chi connectivity index (χ4n) is 2.33. The maximum Gasteiger partial charge on any atom is 0.267 e. The number of amides is 1. The summed E-state index contributed by atoms with van der Waals surface area (Å²) < 4.78 is 0. The Bertz CT molecular complexity index is 683. The van der Waals surface area contributed by atoms with Gasteiger partial charge in [0.2, 0.25) is 5.91 Å². The lowest BCUT2D eigenvalue weighted by atomic mass is 10.00. The number of hydrogen-bond donors (Lipinski definition) is 4. The van der Waals surface area contributed by atoms with Gasteiger partial charge in [0.25, 0.3) is 5.56 Å². The summed E-state index contributed by atoms with van der Waals surface area (Å²) in [5.74, 6) is 0.156. The normalized spacial score (nSPS) is 10.9. The zero-order valence-corrected chi connectivity index (χ0v) is 12.9. The van der Waals surface area contributed by atoms with E-state index in [9.17, 15) is 9.59 Å². The number of anilines is 1. The molecular weight excluding hydrogens is 280 g/mol. The Labute approximate surface area is 129 Å². The molecule has 0 aliphatic rings. The van der Waals surface area contributed by atoms with Crippen LogP contribution in [0.2, 0.25) is 0 Å². The molecule has 0 bridgehead atoms. The first-order chi connectivity index (χ1) is 10.5. The highest BCUT2D eigenvalue weighted by Gasteiger charge is 2.13. The fourth-order valence-corrected chi connectivity index (χ4v) is 2.33. The lowest BCUT2D eigenvalue weighted by molar-refractivity contribution is -0.116. The highest BCUT2D eigenvalue weighted by molar-refractivity contribution is 5.90. The minimum absolute atomic E-state index is 0.0796. The van der Waals surface area contributed by atoms with Gasteiger partial charge in [-0.3, -0.25) is 14.7 Å². The largest absolute Gasteiger partial charge is 0.330 e. The van der Waals surface area contributed by atoms with Crippen molar-refractivity contribution in [3.8, 4) is 0 Å². The average Bonchev–Trinajstić information content (AvgIpc) is 2.83. The van der Waals surface area contributed by atoms with E-state index in [1.807, 2.05) is 38.1 Å². The molecule has 22 heavy (non-hydrogen) atoms. The lowest BCUT2D eigenvalue weighted by Crippen LogP contribution is -2.16. The molecule has 0 saturated heterocycles.